The van der Waals surface area contributed by atoms with E-state index in [9.17, 15) is 9.59 Å². The lowest BCUT2D eigenvalue weighted by Crippen LogP contribution is -2.33. The van der Waals surface area contributed by atoms with E-state index in [1.54, 1.807) is 10.7 Å². The molecule has 10 heteroatoms. The van der Waals surface area contributed by atoms with Gasteiger partial charge in [0.05, 0.1) is 23.5 Å². The minimum atomic E-state index is -0.343. The van der Waals surface area contributed by atoms with Crippen LogP contribution in [0.25, 0.3) is 22.8 Å². The maximum absolute atomic E-state index is 12.7. The molecule has 2 atom stereocenters. The topological polar surface area (TPSA) is 107 Å². The number of aromatic nitrogens is 5. The van der Waals surface area contributed by atoms with E-state index in [4.69, 9.17) is 0 Å². The first-order chi connectivity index (χ1) is 18.2. The number of nitrogens with zero attached hydrogens (tertiary/aromatic N) is 5. The van der Waals surface area contributed by atoms with Crippen molar-refractivity contribution in [2.45, 2.75) is 52.5 Å². The molecular formula is C28H35N7O2S. The third-order valence-electron chi connectivity index (χ3n) is 6.97. The van der Waals surface area contributed by atoms with Crippen LogP contribution >= 0.6 is 11.3 Å². The van der Waals surface area contributed by atoms with Crippen LogP contribution in [-0.4, -0.2) is 42.7 Å². The maximum atomic E-state index is 12.7. The van der Waals surface area contributed by atoms with Gasteiger partial charge >= 0.3 is 0 Å². The summed E-state index contributed by atoms with van der Waals surface area (Å²) >= 11 is 1.31. The van der Waals surface area contributed by atoms with Crippen molar-refractivity contribution in [2.75, 3.05) is 11.9 Å². The molecule has 2 unspecified atom stereocenters. The standard InChI is InChI=1S/C28H35N7O2S/c1-6-19(3)15-28(4,7-2)35-14-11-20(17-35)26(37)29-16-25(36)32-27-31-24(18-38-27)22-10-8-9-21(30-22)23-12-13-34(5)33-23/h8-14,17-19H,6-7,15-16H2,1-5H3,(H,29,37)(H,31,32,36). The van der Waals surface area contributed by atoms with Gasteiger partial charge in [-0.05, 0) is 49.9 Å². The Labute approximate surface area is 227 Å². The van der Waals surface area contributed by atoms with Crippen molar-refractivity contribution in [1.29, 1.82) is 0 Å². The smallest absolute Gasteiger partial charge is 0.253 e. The quantitative estimate of drug-likeness (QED) is 0.271. The lowest BCUT2D eigenvalue weighted by atomic mass is 9.86. The summed E-state index contributed by atoms with van der Waals surface area (Å²) in [5, 5.41) is 12.1. The van der Waals surface area contributed by atoms with Crippen molar-refractivity contribution in [1.82, 2.24) is 29.6 Å². The fourth-order valence-corrected chi connectivity index (χ4v) is 5.06. The first kappa shape index (κ1) is 27.3. The van der Waals surface area contributed by atoms with Crippen molar-refractivity contribution in [2.24, 2.45) is 13.0 Å². The average molecular weight is 534 g/mol. The van der Waals surface area contributed by atoms with Crippen LogP contribution in [0, 0.1) is 5.92 Å². The second-order valence-corrected chi connectivity index (χ2v) is 10.8. The number of carbonyl (C=O) groups is 2. The van der Waals surface area contributed by atoms with E-state index in [-0.39, 0.29) is 23.9 Å². The number of hydrogen-bond acceptors (Lipinski definition) is 6. The van der Waals surface area contributed by atoms with Crippen LogP contribution in [0.5, 0.6) is 0 Å². The zero-order chi connectivity index (χ0) is 27.3. The summed E-state index contributed by atoms with van der Waals surface area (Å²) in [7, 11) is 1.86. The molecule has 4 aromatic rings. The van der Waals surface area contributed by atoms with Crippen molar-refractivity contribution >= 4 is 28.3 Å². The van der Waals surface area contributed by atoms with Gasteiger partial charge < -0.3 is 15.2 Å². The third-order valence-corrected chi connectivity index (χ3v) is 7.73. The van der Waals surface area contributed by atoms with Crippen LogP contribution in [-0.2, 0) is 17.4 Å². The molecule has 2 N–H and O–H groups in total. The fourth-order valence-electron chi connectivity index (χ4n) is 4.34. The van der Waals surface area contributed by atoms with E-state index in [0.717, 1.165) is 30.7 Å². The van der Waals surface area contributed by atoms with Gasteiger partial charge in [-0.2, -0.15) is 5.10 Å². The van der Waals surface area contributed by atoms with Gasteiger partial charge in [0, 0.05) is 36.6 Å². The van der Waals surface area contributed by atoms with Gasteiger partial charge in [0.15, 0.2) is 5.13 Å². The van der Waals surface area contributed by atoms with Gasteiger partial charge in [0.1, 0.15) is 11.4 Å². The Morgan fingerprint density at radius 1 is 1.05 bits per heavy atom. The van der Waals surface area contributed by atoms with Gasteiger partial charge in [-0.15, -0.1) is 11.3 Å². The molecule has 0 saturated heterocycles. The average Bonchev–Trinajstić information content (AvgIpc) is 3.69. The summed E-state index contributed by atoms with van der Waals surface area (Å²) in [6, 6.07) is 9.37. The van der Waals surface area contributed by atoms with E-state index in [1.807, 2.05) is 55.3 Å². The minimum absolute atomic E-state index is 0.0557. The van der Waals surface area contributed by atoms with Crippen molar-refractivity contribution in [3.05, 3.63) is 59.9 Å². The Bertz CT molecular complexity index is 1410. The molecule has 4 aromatic heterocycles. The first-order valence-electron chi connectivity index (χ1n) is 12.9. The predicted molar refractivity (Wildman–Crippen MR) is 151 cm³/mol. The lowest BCUT2D eigenvalue weighted by molar-refractivity contribution is -0.115. The number of rotatable bonds is 11. The fraction of sp³-hybridized carbons (Fsp3) is 0.393. The number of amides is 2. The SMILES string of the molecule is CCC(C)CC(C)(CC)n1ccc(C(=O)NCC(=O)Nc2nc(-c3cccc(-c4ccn(C)n4)n3)cs2)c1. The van der Waals surface area contributed by atoms with Gasteiger partial charge in [-0.3, -0.25) is 14.3 Å². The highest BCUT2D eigenvalue weighted by molar-refractivity contribution is 7.14. The molecule has 0 aliphatic heterocycles. The molecule has 0 radical (unpaired) electrons. The van der Waals surface area contributed by atoms with E-state index >= 15 is 0 Å². The third kappa shape index (κ3) is 6.36. The highest BCUT2D eigenvalue weighted by Crippen LogP contribution is 2.30. The molecule has 0 aliphatic rings. The molecule has 0 aromatic carbocycles. The Balaban J connectivity index is 1.33. The van der Waals surface area contributed by atoms with Crippen LogP contribution < -0.4 is 10.6 Å². The number of carbonyl (C=O) groups excluding carboxylic acids is 2. The van der Waals surface area contributed by atoms with Crippen LogP contribution in [0.4, 0.5) is 5.13 Å². The Morgan fingerprint density at radius 3 is 2.50 bits per heavy atom. The Morgan fingerprint density at radius 2 is 1.82 bits per heavy atom. The van der Waals surface area contributed by atoms with E-state index in [2.05, 4.69) is 58.0 Å². The molecule has 0 saturated carbocycles. The molecule has 38 heavy (non-hydrogen) atoms. The number of pyridine rings is 1. The molecular weight excluding hydrogens is 498 g/mol. The monoisotopic (exact) mass is 533 g/mol. The molecule has 2 amide bonds. The molecule has 0 spiro atoms. The molecule has 4 heterocycles. The summed E-state index contributed by atoms with van der Waals surface area (Å²) in [6.45, 7) is 8.70. The Kier molecular flexibility index (Phi) is 8.41. The summed E-state index contributed by atoms with van der Waals surface area (Å²) in [6.07, 6.45) is 8.82. The van der Waals surface area contributed by atoms with Crippen LogP contribution in [0.1, 0.15) is 57.3 Å². The normalized spacial score (nSPS) is 13.6. The van der Waals surface area contributed by atoms with Crippen molar-refractivity contribution < 1.29 is 9.59 Å². The highest BCUT2D eigenvalue weighted by atomic mass is 32.1. The van der Waals surface area contributed by atoms with Gasteiger partial charge in [-0.1, -0.05) is 33.3 Å². The van der Waals surface area contributed by atoms with Crippen molar-refractivity contribution in [3.8, 4) is 22.8 Å². The molecule has 200 valence electrons. The van der Waals surface area contributed by atoms with Crippen molar-refractivity contribution in [3.63, 3.8) is 0 Å². The van der Waals surface area contributed by atoms with Crippen LogP contribution in [0.2, 0.25) is 0 Å². The molecule has 4 rings (SSSR count). The lowest BCUT2D eigenvalue weighted by Gasteiger charge is -2.33. The zero-order valence-electron chi connectivity index (χ0n) is 22.6. The number of aryl methyl sites for hydroxylation is 1. The number of hydrogen-bond donors (Lipinski definition) is 2. The number of nitrogens with one attached hydrogen (secondary N) is 2. The van der Waals surface area contributed by atoms with Crippen LogP contribution in [0.15, 0.2) is 54.3 Å². The van der Waals surface area contributed by atoms with Gasteiger partial charge in [0.2, 0.25) is 5.91 Å². The minimum Gasteiger partial charge on any atom is -0.348 e. The van der Waals surface area contributed by atoms with E-state index < -0.39 is 0 Å². The predicted octanol–water partition coefficient (Wildman–Crippen LogP) is 5.34. The molecule has 9 nitrogen and oxygen atoms in total. The largest absolute Gasteiger partial charge is 0.348 e. The first-order valence-corrected chi connectivity index (χ1v) is 13.8. The second-order valence-electron chi connectivity index (χ2n) is 9.93. The molecule has 0 aliphatic carbocycles. The summed E-state index contributed by atoms with van der Waals surface area (Å²) in [5.74, 6) is -0.0319. The van der Waals surface area contributed by atoms with Gasteiger partial charge in [0.25, 0.3) is 5.91 Å². The molecule has 0 fully saturated rings. The van der Waals surface area contributed by atoms with E-state index in [1.165, 1.54) is 11.3 Å². The highest BCUT2D eigenvalue weighted by Gasteiger charge is 2.26. The zero-order valence-corrected chi connectivity index (χ0v) is 23.4. The maximum Gasteiger partial charge on any atom is 0.253 e. The molecule has 0 bridgehead atoms. The van der Waals surface area contributed by atoms with Gasteiger partial charge in [-0.25, -0.2) is 9.97 Å². The van der Waals surface area contributed by atoms with E-state index in [0.29, 0.717) is 28.0 Å². The summed E-state index contributed by atoms with van der Waals surface area (Å²) in [4.78, 5) is 34.4. The number of anilines is 1. The second kappa shape index (κ2) is 11.7. The number of thiazole rings is 1. The Hall–Kier alpha value is -3.79. The summed E-state index contributed by atoms with van der Waals surface area (Å²) < 4.78 is 3.85. The summed E-state index contributed by atoms with van der Waals surface area (Å²) in [5.41, 5.74) is 3.35. The van der Waals surface area contributed by atoms with Crippen LogP contribution in [0.3, 0.4) is 0 Å².